The van der Waals surface area contributed by atoms with Gasteiger partial charge in [-0.25, -0.2) is 4.39 Å². The van der Waals surface area contributed by atoms with Crippen molar-refractivity contribution < 1.29 is 4.39 Å². The Hall–Kier alpha value is -1.87. The molecule has 0 radical (unpaired) electrons. The number of benzene rings is 2. The molecule has 0 amide bonds. The molecule has 0 aliphatic heterocycles. The zero-order valence-corrected chi connectivity index (χ0v) is 11.1. The summed E-state index contributed by atoms with van der Waals surface area (Å²) in [6.07, 6.45) is 0.913. The fourth-order valence-corrected chi connectivity index (χ4v) is 2.07. The van der Waals surface area contributed by atoms with Crippen molar-refractivity contribution in [2.24, 2.45) is 0 Å². The number of nitrogens with two attached hydrogens (primary N) is 1. The van der Waals surface area contributed by atoms with Crippen LogP contribution in [0.1, 0.15) is 11.1 Å². The van der Waals surface area contributed by atoms with Gasteiger partial charge in [0.05, 0.1) is 0 Å². The number of hydrogen-bond donors (Lipinski definition) is 1. The average molecular weight is 258 g/mol. The molecule has 2 aromatic carbocycles. The van der Waals surface area contributed by atoms with Crippen LogP contribution in [0.3, 0.4) is 0 Å². The summed E-state index contributed by atoms with van der Waals surface area (Å²) in [6, 6.07) is 14.8. The highest BCUT2D eigenvalue weighted by molar-refractivity contribution is 5.40. The van der Waals surface area contributed by atoms with Gasteiger partial charge in [0.2, 0.25) is 0 Å². The minimum absolute atomic E-state index is 0.140. The van der Waals surface area contributed by atoms with Crippen LogP contribution in [0.25, 0.3) is 0 Å². The molecule has 0 bridgehead atoms. The van der Waals surface area contributed by atoms with Gasteiger partial charge in [0.25, 0.3) is 0 Å². The van der Waals surface area contributed by atoms with Gasteiger partial charge in [0, 0.05) is 24.3 Å². The third kappa shape index (κ3) is 4.07. The Kier molecular flexibility index (Phi) is 4.53. The Morgan fingerprint density at radius 1 is 1.11 bits per heavy atom. The van der Waals surface area contributed by atoms with Crippen molar-refractivity contribution in [1.82, 2.24) is 4.90 Å². The molecule has 0 aromatic heterocycles. The number of likely N-dealkylation sites (N-methyl/N-ethyl adjacent to an activating group) is 1. The van der Waals surface area contributed by atoms with Crippen molar-refractivity contribution in [3.63, 3.8) is 0 Å². The summed E-state index contributed by atoms with van der Waals surface area (Å²) < 4.78 is 13.5. The molecule has 0 heterocycles. The molecule has 0 spiro atoms. The lowest BCUT2D eigenvalue weighted by molar-refractivity contribution is 0.325. The predicted octanol–water partition coefficient (Wildman–Crippen LogP) is 3.08. The average Bonchev–Trinajstić information content (AvgIpc) is 2.39. The van der Waals surface area contributed by atoms with E-state index in [0.717, 1.165) is 24.2 Å². The highest BCUT2D eigenvalue weighted by Gasteiger charge is 2.05. The van der Waals surface area contributed by atoms with Crippen LogP contribution in [-0.4, -0.2) is 18.5 Å². The molecule has 0 aliphatic rings. The molecule has 2 nitrogen and oxygen atoms in total. The van der Waals surface area contributed by atoms with Crippen LogP contribution in [0.4, 0.5) is 10.1 Å². The van der Waals surface area contributed by atoms with Crippen LogP contribution in [0, 0.1) is 5.82 Å². The normalized spacial score (nSPS) is 10.9. The van der Waals surface area contributed by atoms with Gasteiger partial charge in [-0.15, -0.1) is 0 Å². The van der Waals surface area contributed by atoms with E-state index in [0.29, 0.717) is 6.54 Å². The summed E-state index contributed by atoms with van der Waals surface area (Å²) in [6.45, 7) is 1.49. The van der Waals surface area contributed by atoms with Gasteiger partial charge in [0.1, 0.15) is 5.82 Å². The molecule has 3 heteroatoms. The van der Waals surface area contributed by atoms with Crippen LogP contribution >= 0.6 is 0 Å². The summed E-state index contributed by atoms with van der Waals surface area (Å²) >= 11 is 0. The number of halogens is 1. The zero-order valence-electron chi connectivity index (χ0n) is 11.1. The van der Waals surface area contributed by atoms with Crippen molar-refractivity contribution in [1.29, 1.82) is 0 Å². The number of anilines is 1. The van der Waals surface area contributed by atoms with Crippen molar-refractivity contribution in [2.45, 2.75) is 13.0 Å². The highest BCUT2D eigenvalue weighted by Crippen LogP contribution is 2.11. The summed E-state index contributed by atoms with van der Waals surface area (Å²) in [5.41, 5.74) is 8.47. The zero-order chi connectivity index (χ0) is 13.7. The Morgan fingerprint density at radius 2 is 1.89 bits per heavy atom. The third-order valence-electron chi connectivity index (χ3n) is 3.13. The maximum Gasteiger partial charge on any atom is 0.127 e. The fourth-order valence-electron chi connectivity index (χ4n) is 2.07. The minimum atomic E-state index is -0.140. The summed E-state index contributed by atoms with van der Waals surface area (Å²) in [5.74, 6) is -0.140. The molecular weight excluding hydrogens is 239 g/mol. The summed E-state index contributed by atoms with van der Waals surface area (Å²) in [5, 5.41) is 0. The standard InChI is InChI=1S/C16H19FN2/c1-19(12-14-6-2-3-8-16(14)17)10-9-13-5-4-7-15(18)11-13/h2-8,11H,9-10,12,18H2,1H3. The fraction of sp³-hybridized carbons (Fsp3) is 0.250. The van der Waals surface area contributed by atoms with Crippen molar-refractivity contribution in [3.05, 3.63) is 65.5 Å². The molecule has 0 atom stereocenters. The Morgan fingerprint density at radius 3 is 2.63 bits per heavy atom. The van der Waals surface area contributed by atoms with Crippen molar-refractivity contribution in [2.75, 3.05) is 19.3 Å². The van der Waals surface area contributed by atoms with Gasteiger partial charge >= 0.3 is 0 Å². The Balaban J connectivity index is 1.88. The van der Waals surface area contributed by atoms with E-state index in [1.165, 1.54) is 11.6 Å². The molecule has 19 heavy (non-hydrogen) atoms. The molecule has 0 aliphatic carbocycles. The molecule has 100 valence electrons. The first-order valence-electron chi connectivity index (χ1n) is 6.41. The second-order valence-electron chi connectivity index (χ2n) is 4.82. The lowest BCUT2D eigenvalue weighted by Crippen LogP contribution is -2.21. The van der Waals surface area contributed by atoms with E-state index >= 15 is 0 Å². The molecule has 2 rings (SSSR count). The van der Waals surface area contributed by atoms with Crippen LogP contribution in [0.2, 0.25) is 0 Å². The minimum Gasteiger partial charge on any atom is -0.399 e. The van der Waals surface area contributed by atoms with Crippen molar-refractivity contribution in [3.8, 4) is 0 Å². The first-order chi connectivity index (χ1) is 9.15. The molecule has 2 N–H and O–H groups in total. The lowest BCUT2D eigenvalue weighted by Gasteiger charge is -2.17. The van der Waals surface area contributed by atoms with E-state index in [1.54, 1.807) is 6.07 Å². The smallest absolute Gasteiger partial charge is 0.127 e. The second kappa shape index (κ2) is 6.34. The number of rotatable bonds is 5. The van der Waals surface area contributed by atoms with Gasteiger partial charge in [-0.1, -0.05) is 30.3 Å². The first-order valence-corrected chi connectivity index (χ1v) is 6.41. The summed E-state index contributed by atoms with van der Waals surface area (Å²) in [7, 11) is 2.00. The van der Waals surface area contributed by atoms with E-state index in [2.05, 4.69) is 11.0 Å². The maximum absolute atomic E-state index is 13.5. The van der Waals surface area contributed by atoms with E-state index in [-0.39, 0.29) is 5.82 Å². The van der Waals surface area contributed by atoms with E-state index in [1.807, 2.05) is 37.4 Å². The quantitative estimate of drug-likeness (QED) is 0.835. The predicted molar refractivity (Wildman–Crippen MR) is 77.3 cm³/mol. The first kappa shape index (κ1) is 13.6. The molecule has 0 fully saturated rings. The Labute approximate surface area is 113 Å². The van der Waals surface area contributed by atoms with Crippen LogP contribution in [0.15, 0.2) is 48.5 Å². The topological polar surface area (TPSA) is 29.3 Å². The largest absolute Gasteiger partial charge is 0.399 e. The van der Waals surface area contributed by atoms with Gasteiger partial charge < -0.3 is 10.6 Å². The molecule has 2 aromatic rings. The highest BCUT2D eigenvalue weighted by atomic mass is 19.1. The van der Waals surface area contributed by atoms with E-state index < -0.39 is 0 Å². The number of nitrogen functional groups attached to an aromatic ring is 1. The van der Waals surface area contributed by atoms with Gasteiger partial charge in [-0.3, -0.25) is 0 Å². The number of nitrogens with zero attached hydrogens (tertiary/aromatic N) is 1. The van der Waals surface area contributed by atoms with Crippen LogP contribution < -0.4 is 5.73 Å². The summed E-state index contributed by atoms with van der Waals surface area (Å²) in [4.78, 5) is 2.11. The van der Waals surface area contributed by atoms with E-state index in [4.69, 9.17) is 5.73 Å². The molecular formula is C16H19FN2. The third-order valence-corrected chi connectivity index (χ3v) is 3.13. The van der Waals surface area contributed by atoms with Crippen LogP contribution in [-0.2, 0) is 13.0 Å². The number of hydrogen-bond acceptors (Lipinski definition) is 2. The van der Waals surface area contributed by atoms with E-state index in [9.17, 15) is 4.39 Å². The second-order valence-corrected chi connectivity index (χ2v) is 4.82. The van der Waals surface area contributed by atoms with Crippen molar-refractivity contribution >= 4 is 5.69 Å². The SMILES string of the molecule is CN(CCc1cccc(N)c1)Cc1ccccc1F. The lowest BCUT2D eigenvalue weighted by atomic mass is 10.1. The van der Waals surface area contributed by atoms with Gasteiger partial charge in [0.15, 0.2) is 0 Å². The molecule has 0 saturated carbocycles. The van der Waals surface area contributed by atoms with Gasteiger partial charge in [-0.05, 0) is 37.2 Å². The van der Waals surface area contributed by atoms with Crippen LogP contribution in [0.5, 0.6) is 0 Å². The molecule has 0 unspecified atom stereocenters. The maximum atomic E-state index is 13.5. The Bertz CT molecular complexity index is 540. The van der Waals surface area contributed by atoms with Gasteiger partial charge in [-0.2, -0.15) is 0 Å². The monoisotopic (exact) mass is 258 g/mol. The molecule has 0 saturated heterocycles.